The van der Waals surface area contributed by atoms with E-state index in [1.165, 1.54) is 4.52 Å². The molecule has 0 fully saturated rings. The van der Waals surface area contributed by atoms with Gasteiger partial charge in [-0.3, -0.25) is 4.79 Å². The molecule has 2 aromatic carbocycles. The van der Waals surface area contributed by atoms with E-state index in [0.717, 1.165) is 23.8 Å². The molecule has 0 aliphatic carbocycles. The Morgan fingerprint density at radius 1 is 1.12 bits per heavy atom. The van der Waals surface area contributed by atoms with Crippen molar-refractivity contribution in [3.8, 4) is 16.9 Å². The highest BCUT2D eigenvalue weighted by molar-refractivity contribution is 6.34. The Kier molecular flexibility index (Phi) is 5.47. The van der Waals surface area contributed by atoms with Gasteiger partial charge in [0.05, 0.1) is 40.8 Å². The third-order valence-corrected chi connectivity index (χ3v) is 5.13. The Balaban J connectivity index is 1.71. The molecule has 0 radical (unpaired) electrons. The summed E-state index contributed by atoms with van der Waals surface area (Å²) in [4.78, 5) is 12.8. The number of carbonyl (C=O) groups is 1. The lowest BCUT2D eigenvalue weighted by molar-refractivity contribution is -0.137. The van der Waals surface area contributed by atoms with Gasteiger partial charge in [-0.2, -0.15) is 18.3 Å². The minimum absolute atomic E-state index is 0.0458. The van der Waals surface area contributed by atoms with Crippen molar-refractivity contribution in [1.29, 1.82) is 0 Å². The Bertz CT molecular complexity index is 1340. The number of alkyl halides is 3. The Labute approximate surface area is 184 Å². The van der Waals surface area contributed by atoms with Gasteiger partial charge in [0.15, 0.2) is 11.3 Å². The smallest absolute Gasteiger partial charge is 0.416 e. The number of methoxy groups -OCH3 is 1. The van der Waals surface area contributed by atoms with Crippen LogP contribution < -0.4 is 10.1 Å². The topological polar surface area (TPSA) is 81.4 Å². The zero-order valence-electron chi connectivity index (χ0n) is 16.7. The number of hydrogen-bond acceptors (Lipinski definition) is 5. The zero-order chi connectivity index (χ0) is 23.0. The van der Waals surface area contributed by atoms with Crippen LogP contribution in [0.3, 0.4) is 0 Å². The molecular weight excluding hydrogens is 447 g/mol. The fraction of sp³-hybridized carbons (Fsp3) is 0.143. The second-order valence-electron chi connectivity index (χ2n) is 6.77. The summed E-state index contributed by atoms with van der Waals surface area (Å²) < 4.78 is 45.8. The van der Waals surface area contributed by atoms with Crippen LogP contribution in [0, 0.1) is 6.92 Å². The minimum Gasteiger partial charge on any atom is -0.496 e. The number of hydrogen-bond donors (Lipinski definition) is 1. The predicted octanol–water partition coefficient (Wildman–Crippen LogP) is 5.03. The molecule has 4 rings (SSSR count). The van der Waals surface area contributed by atoms with Gasteiger partial charge in [0.1, 0.15) is 5.75 Å². The van der Waals surface area contributed by atoms with Crippen LogP contribution in [0.25, 0.3) is 16.8 Å². The Morgan fingerprint density at radius 3 is 2.59 bits per heavy atom. The van der Waals surface area contributed by atoms with E-state index in [0.29, 0.717) is 22.7 Å². The first-order chi connectivity index (χ1) is 15.2. The molecule has 0 atom stereocenters. The van der Waals surface area contributed by atoms with Crippen LogP contribution in [0.5, 0.6) is 5.75 Å². The minimum atomic E-state index is -4.58. The number of carbonyl (C=O) groups excluding carboxylic acids is 1. The van der Waals surface area contributed by atoms with E-state index in [2.05, 4.69) is 20.6 Å². The second kappa shape index (κ2) is 8.12. The van der Waals surface area contributed by atoms with E-state index in [9.17, 15) is 18.0 Å². The van der Waals surface area contributed by atoms with Crippen molar-refractivity contribution < 1.29 is 22.7 Å². The average molecular weight is 462 g/mol. The van der Waals surface area contributed by atoms with Crippen molar-refractivity contribution >= 4 is 28.8 Å². The maximum atomic E-state index is 13.0. The van der Waals surface area contributed by atoms with Crippen LogP contribution in [0.15, 0.2) is 48.7 Å². The molecule has 1 N–H and O–H groups in total. The van der Waals surface area contributed by atoms with Crippen LogP contribution in [0.4, 0.5) is 18.9 Å². The molecule has 0 spiro atoms. The van der Waals surface area contributed by atoms with Gasteiger partial charge in [-0.05, 0) is 31.2 Å². The fourth-order valence-electron chi connectivity index (χ4n) is 3.20. The number of rotatable bonds is 4. The molecule has 0 unspecified atom stereocenters. The number of aryl methyl sites for hydroxylation is 1. The molecule has 1 amide bonds. The maximum absolute atomic E-state index is 13.0. The molecule has 2 aromatic heterocycles. The van der Waals surface area contributed by atoms with Crippen molar-refractivity contribution in [3.05, 3.63) is 70.6 Å². The number of amides is 1. The van der Waals surface area contributed by atoms with E-state index < -0.39 is 17.6 Å². The van der Waals surface area contributed by atoms with Crippen molar-refractivity contribution in [3.63, 3.8) is 0 Å². The van der Waals surface area contributed by atoms with Gasteiger partial charge in [0.2, 0.25) is 0 Å². The summed E-state index contributed by atoms with van der Waals surface area (Å²) in [6.07, 6.45) is -3.01. The van der Waals surface area contributed by atoms with Crippen molar-refractivity contribution in [2.45, 2.75) is 13.1 Å². The Hall–Kier alpha value is -3.66. The molecule has 11 heteroatoms. The molecule has 0 aliphatic heterocycles. The predicted molar refractivity (Wildman–Crippen MR) is 112 cm³/mol. The van der Waals surface area contributed by atoms with Crippen molar-refractivity contribution in [2.24, 2.45) is 0 Å². The number of fused-ring (bicyclic) bond motifs is 1. The third kappa shape index (κ3) is 3.84. The van der Waals surface area contributed by atoms with Crippen molar-refractivity contribution in [1.82, 2.24) is 19.8 Å². The SMILES string of the molecule is COc1ccccc1-c1cnn2c(C)c(C(=O)Nc3cc(C(F)(F)F)ccc3Cl)nnc12. The highest BCUT2D eigenvalue weighted by Crippen LogP contribution is 2.34. The van der Waals surface area contributed by atoms with Crippen LogP contribution in [-0.2, 0) is 6.18 Å². The summed E-state index contributed by atoms with van der Waals surface area (Å²) in [5.41, 5.74) is 0.877. The summed E-state index contributed by atoms with van der Waals surface area (Å²) in [5.74, 6) is -0.157. The molecule has 0 saturated heterocycles. The van der Waals surface area contributed by atoms with Crippen LogP contribution in [0.1, 0.15) is 21.7 Å². The van der Waals surface area contributed by atoms with E-state index >= 15 is 0 Å². The molecule has 7 nitrogen and oxygen atoms in total. The van der Waals surface area contributed by atoms with Gasteiger partial charge in [0.25, 0.3) is 5.91 Å². The van der Waals surface area contributed by atoms with Gasteiger partial charge < -0.3 is 10.1 Å². The van der Waals surface area contributed by atoms with Crippen LogP contribution in [0.2, 0.25) is 5.02 Å². The lowest BCUT2D eigenvalue weighted by Crippen LogP contribution is -2.19. The van der Waals surface area contributed by atoms with E-state index in [1.807, 2.05) is 18.2 Å². The lowest BCUT2D eigenvalue weighted by Gasteiger charge is -2.12. The van der Waals surface area contributed by atoms with Crippen molar-refractivity contribution in [2.75, 3.05) is 12.4 Å². The highest BCUT2D eigenvalue weighted by Gasteiger charge is 2.31. The summed E-state index contributed by atoms with van der Waals surface area (Å²) in [5, 5.41) is 14.7. The first kappa shape index (κ1) is 21.6. The Morgan fingerprint density at radius 2 is 1.88 bits per heavy atom. The summed E-state index contributed by atoms with van der Waals surface area (Å²) >= 11 is 5.96. The fourth-order valence-corrected chi connectivity index (χ4v) is 3.36. The monoisotopic (exact) mass is 461 g/mol. The lowest BCUT2D eigenvalue weighted by atomic mass is 10.1. The molecule has 0 bridgehead atoms. The van der Waals surface area contributed by atoms with Crippen LogP contribution in [-0.4, -0.2) is 32.8 Å². The first-order valence-corrected chi connectivity index (χ1v) is 9.61. The number of anilines is 1. The molecule has 4 aromatic rings. The maximum Gasteiger partial charge on any atom is 0.416 e. The van der Waals surface area contributed by atoms with E-state index in [-0.39, 0.29) is 16.4 Å². The number of benzene rings is 2. The van der Waals surface area contributed by atoms with Gasteiger partial charge in [-0.1, -0.05) is 29.8 Å². The molecule has 2 heterocycles. The quantitative estimate of drug-likeness (QED) is 0.461. The van der Waals surface area contributed by atoms with Gasteiger partial charge in [0, 0.05) is 5.56 Å². The number of nitrogens with zero attached hydrogens (tertiary/aromatic N) is 4. The third-order valence-electron chi connectivity index (χ3n) is 4.80. The second-order valence-corrected chi connectivity index (χ2v) is 7.18. The number of halogens is 4. The zero-order valence-corrected chi connectivity index (χ0v) is 17.5. The molecule has 0 aliphatic rings. The number of para-hydroxylation sites is 1. The molecule has 164 valence electrons. The number of nitrogens with one attached hydrogen (secondary N) is 1. The van der Waals surface area contributed by atoms with Gasteiger partial charge in [-0.15, -0.1) is 10.2 Å². The normalized spacial score (nSPS) is 11.6. The molecule has 0 saturated carbocycles. The number of aromatic nitrogens is 4. The first-order valence-electron chi connectivity index (χ1n) is 9.23. The average Bonchev–Trinajstić information content (AvgIpc) is 3.19. The highest BCUT2D eigenvalue weighted by atomic mass is 35.5. The summed E-state index contributed by atoms with van der Waals surface area (Å²) in [7, 11) is 1.54. The van der Waals surface area contributed by atoms with E-state index in [1.54, 1.807) is 26.3 Å². The summed E-state index contributed by atoms with van der Waals surface area (Å²) in [6.45, 7) is 1.60. The van der Waals surface area contributed by atoms with Crippen LogP contribution >= 0.6 is 11.6 Å². The standard InChI is InChI=1S/C21H15ClF3N5O2/c1-11-18(20(31)27-16-9-12(21(23,24)25)7-8-15(16)22)28-29-19-14(10-26-30(11)19)13-5-3-4-6-17(13)32-2/h3-10H,1-2H3,(H,27,31). The van der Waals surface area contributed by atoms with Gasteiger partial charge in [-0.25, -0.2) is 4.52 Å². The largest absolute Gasteiger partial charge is 0.496 e. The summed E-state index contributed by atoms with van der Waals surface area (Å²) in [6, 6.07) is 9.94. The molecular formula is C21H15ClF3N5O2. The van der Waals surface area contributed by atoms with Gasteiger partial charge >= 0.3 is 6.18 Å². The molecule has 32 heavy (non-hydrogen) atoms. The van der Waals surface area contributed by atoms with E-state index in [4.69, 9.17) is 16.3 Å². The number of ether oxygens (including phenoxy) is 1.